The normalized spacial score (nSPS) is 39.5. The molecule has 0 aromatic heterocycles. The van der Waals surface area contributed by atoms with Gasteiger partial charge in [-0.1, -0.05) is 13.8 Å². The quantitative estimate of drug-likeness (QED) is 0.615. The van der Waals surface area contributed by atoms with Crippen molar-refractivity contribution in [3.05, 3.63) is 0 Å². The Morgan fingerprint density at radius 1 is 1.45 bits per heavy atom. The first kappa shape index (κ1) is 8.97. The van der Waals surface area contributed by atoms with Crippen molar-refractivity contribution in [1.29, 1.82) is 0 Å². The van der Waals surface area contributed by atoms with Crippen LogP contribution in [-0.4, -0.2) is 30.2 Å². The largest absolute Gasteiger partial charge is 0.388 e. The van der Waals surface area contributed by atoms with Crippen LogP contribution < -0.4 is 0 Å². The lowest BCUT2D eigenvalue weighted by Gasteiger charge is -2.33. The van der Waals surface area contributed by atoms with Crippen LogP contribution in [-0.2, 0) is 9.47 Å². The Labute approximate surface area is 67.3 Å². The number of hydrogen-bond acceptors (Lipinski definition) is 3. The SMILES string of the molecule is CC(C)[C@H]1OC[C@@H](O)[C@@H](C)O1. The molecule has 0 aliphatic carbocycles. The van der Waals surface area contributed by atoms with Gasteiger partial charge in [0.05, 0.1) is 12.7 Å². The van der Waals surface area contributed by atoms with Crippen LogP contribution in [0.3, 0.4) is 0 Å². The molecule has 0 unspecified atom stereocenters. The zero-order chi connectivity index (χ0) is 8.43. The fraction of sp³-hybridized carbons (Fsp3) is 1.00. The van der Waals surface area contributed by atoms with Crippen molar-refractivity contribution in [2.75, 3.05) is 6.61 Å². The summed E-state index contributed by atoms with van der Waals surface area (Å²) >= 11 is 0. The van der Waals surface area contributed by atoms with Crippen LogP contribution in [0, 0.1) is 5.92 Å². The highest BCUT2D eigenvalue weighted by Crippen LogP contribution is 2.18. The summed E-state index contributed by atoms with van der Waals surface area (Å²) in [5, 5.41) is 9.23. The van der Waals surface area contributed by atoms with Crippen molar-refractivity contribution in [1.82, 2.24) is 0 Å². The number of rotatable bonds is 1. The van der Waals surface area contributed by atoms with Crippen molar-refractivity contribution >= 4 is 0 Å². The molecule has 0 amide bonds. The fourth-order valence-corrected chi connectivity index (χ4v) is 1.02. The molecule has 1 fully saturated rings. The molecule has 3 atom stereocenters. The first-order valence-corrected chi connectivity index (χ1v) is 4.06. The minimum atomic E-state index is -0.468. The molecule has 0 spiro atoms. The Balaban J connectivity index is 2.40. The van der Waals surface area contributed by atoms with E-state index in [1.165, 1.54) is 0 Å². The minimum Gasteiger partial charge on any atom is -0.388 e. The monoisotopic (exact) mass is 160 g/mol. The van der Waals surface area contributed by atoms with Gasteiger partial charge in [0.2, 0.25) is 0 Å². The molecule has 0 aromatic rings. The lowest BCUT2D eigenvalue weighted by molar-refractivity contribution is -0.261. The van der Waals surface area contributed by atoms with E-state index in [0.717, 1.165) is 0 Å². The Morgan fingerprint density at radius 2 is 2.09 bits per heavy atom. The third kappa shape index (κ3) is 2.15. The summed E-state index contributed by atoms with van der Waals surface area (Å²) in [5.74, 6) is 0.352. The molecule has 1 saturated heterocycles. The van der Waals surface area contributed by atoms with Gasteiger partial charge in [-0.25, -0.2) is 0 Å². The van der Waals surface area contributed by atoms with E-state index in [1.54, 1.807) is 0 Å². The molecule has 0 radical (unpaired) electrons. The molecular formula is C8H16O3. The van der Waals surface area contributed by atoms with Crippen molar-refractivity contribution < 1.29 is 14.6 Å². The van der Waals surface area contributed by atoms with Gasteiger partial charge in [-0.15, -0.1) is 0 Å². The summed E-state index contributed by atoms with van der Waals surface area (Å²) in [7, 11) is 0. The second kappa shape index (κ2) is 3.52. The number of aliphatic hydroxyl groups is 1. The van der Waals surface area contributed by atoms with E-state index in [4.69, 9.17) is 9.47 Å². The third-order valence-corrected chi connectivity index (χ3v) is 1.87. The molecular weight excluding hydrogens is 144 g/mol. The smallest absolute Gasteiger partial charge is 0.160 e. The number of aliphatic hydroxyl groups excluding tert-OH is 1. The van der Waals surface area contributed by atoms with Gasteiger partial charge in [-0.05, 0) is 6.92 Å². The Hall–Kier alpha value is -0.120. The molecule has 3 nitrogen and oxygen atoms in total. The molecule has 1 rings (SSSR count). The van der Waals surface area contributed by atoms with Gasteiger partial charge >= 0.3 is 0 Å². The van der Waals surface area contributed by atoms with Crippen LogP contribution in [0.5, 0.6) is 0 Å². The van der Waals surface area contributed by atoms with Gasteiger partial charge in [0.15, 0.2) is 6.29 Å². The van der Waals surface area contributed by atoms with Crippen LogP contribution in [0.15, 0.2) is 0 Å². The Bertz CT molecular complexity index is 125. The molecule has 1 aliphatic heterocycles. The topological polar surface area (TPSA) is 38.7 Å². The zero-order valence-electron chi connectivity index (χ0n) is 7.28. The van der Waals surface area contributed by atoms with Crippen LogP contribution in [0.2, 0.25) is 0 Å². The summed E-state index contributed by atoms with van der Waals surface area (Å²) in [5.41, 5.74) is 0. The predicted octanol–water partition coefficient (Wildman–Crippen LogP) is 0.765. The highest BCUT2D eigenvalue weighted by Gasteiger charge is 2.28. The van der Waals surface area contributed by atoms with Gasteiger partial charge in [0.25, 0.3) is 0 Å². The number of hydrogen-bond donors (Lipinski definition) is 1. The summed E-state index contributed by atoms with van der Waals surface area (Å²) < 4.78 is 10.6. The van der Waals surface area contributed by atoms with Gasteiger partial charge in [0.1, 0.15) is 6.10 Å². The second-order valence-electron chi connectivity index (χ2n) is 3.35. The van der Waals surface area contributed by atoms with Crippen LogP contribution in [0.1, 0.15) is 20.8 Å². The minimum absolute atomic E-state index is 0.101. The highest BCUT2D eigenvalue weighted by molar-refractivity contribution is 4.70. The predicted molar refractivity (Wildman–Crippen MR) is 41.1 cm³/mol. The van der Waals surface area contributed by atoms with Crippen LogP contribution >= 0.6 is 0 Å². The highest BCUT2D eigenvalue weighted by atomic mass is 16.7. The molecule has 0 bridgehead atoms. The van der Waals surface area contributed by atoms with Crippen LogP contribution in [0.4, 0.5) is 0 Å². The van der Waals surface area contributed by atoms with E-state index < -0.39 is 6.10 Å². The number of ether oxygens (including phenoxy) is 2. The first-order valence-electron chi connectivity index (χ1n) is 4.06. The Kier molecular flexibility index (Phi) is 2.87. The summed E-state index contributed by atoms with van der Waals surface area (Å²) in [6.45, 7) is 6.33. The van der Waals surface area contributed by atoms with E-state index in [-0.39, 0.29) is 12.4 Å². The molecule has 1 aliphatic rings. The van der Waals surface area contributed by atoms with Gasteiger partial charge in [-0.2, -0.15) is 0 Å². The summed E-state index contributed by atoms with van der Waals surface area (Å²) in [4.78, 5) is 0. The molecule has 11 heavy (non-hydrogen) atoms. The van der Waals surface area contributed by atoms with E-state index in [9.17, 15) is 5.11 Å². The molecule has 1 heterocycles. The van der Waals surface area contributed by atoms with Crippen molar-refractivity contribution in [3.63, 3.8) is 0 Å². The maximum Gasteiger partial charge on any atom is 0.160 e. The van der Waals surface area contributed by atoms with Crippen molar-refractivity contribution in [2.24, 2.45) is 5.92 Å². The van der Waals surface area contributed by atoms with E-state index in [2.05, 4.69) is 0 Å². The fourth-order valence-electron chi connectivity index (χ4n) is 1.02. The maximum absolute atomic E-state index is 9.23. The van der Waals surface area contributed by atoms with E-state index in [1.807, 2.05) is 20.8 Å². The molecule has 1 N–H and O–H groups in total. The lowest BCUT2D eigenvalue weighted by Crippen LogP contribution is -2.43. The third-order valence-electron chi connectivity index (χ3n) is 1.87. The first-order chi connectivity index (χ1) is 5.11. The molecule has 3 heteroatoms. The van der Waals surface area contributed by atoms with Crippen molar-refractivity contribution in [3.8, 4) is 0 Å². The average Bonchev–Trinajstić information content (AvgIpc) is 1.94. The second-order valence-corrected chi connectivity index (χ2v) is 3.35. The van der Waals surface area contributed by atoms with E-state index >= 15 is 0 Å². The molecule has 0 aromatic carbocycles. The van der Waals surface area contributed by atoms with Gasteiger partial charge < -0.3 is 14.6 Å². The summed E-state index contributed by atoms with van der Waals surface area (Å²) in [6.07, 6.45) is -0.713. The standard InChI is InChI=1S/C8H16O3/c1-5(2)8-10-4-7(9)6(3)11-8/h5-9H,4H2,1-3H3/t6-,7-,8+/m1/s1. The molecule has 0 saturated carbocycles. The molecule has 66 valence electrons. The van der Waals surface area contributed by atoms with Gasteiger partial charge in [-0.3, -0.25) is 0 Å². The summed E-state index contributed by atoms with van der Waals surface area (Å²) in [6, 6.07) is 0. The lowest BCUT2D eigenvalue weighted by atomic mass is 10.1. The van der Waals surface area contributed by atoms with Gasteiger partial charge in [0, 0.05) is 5.92 Å². The average molecular weight is 160 g/mol. The van der Waals surface area contributed by atoms with E-state index in [0.29, 0.717) is 12.5 Å². The maximum atomic E-state index is 9.23. The zero-order valence-corrected chi connectivity index (χ0v) is 7.28. The Morgan fingerprint density at radius 3 is 2.55 bits per heavy atom. The van der Waals surface area contributed by atoms with Crippen molar-refractivity contribution in [2.45, 2.75) is 39.3 Å². The van der Waals surface area contributed by atoms with Crippen LogP contribution in [0.25, 0.3) is 0 Å².